The van der Waals surface area contributed by atoms with Crippen molar-refractivity contribution in [3.63, 3.8) is 0 Å². The van der Waals surface area contributed by atoms with Crippen molar-refractivity contribution in [2.24, 2.45) is 0 Å². The number of carbonyl (C=O) groups is 2. The number of benzene rings is 1. The van der Waals surface area contributed by atoms with Crippen LogP contribution < -0.4 is 5.32 Å². The van der Waals surface area contributed by atoms with Gasteiger partial charge in [0, 0.05) is 6.16 Å². The first-order chi connectivity index (χ1) is 10.8. The third-order valence-corrected chi connectivity index (χ3v) is 5.29. The molecule has 0 aliphatic heterocycles. The van der Waals surface area contributed by atoms with Crippen molar-refractivity contribution in [1.29, 1.82) is 0 Å². The molecule has 0 bridgehead atoms. The first-order valence-electron chi connectivity index (χ1n) is 7.29. The Kier molecular flexibility index (Phi) is 7.78. The molecule has 0 aromatic heterocycles. The second-order valence-electron chi connectivity index (χ2n) is 4.92. The summed E-state index contributed by atoms with van der Waals surface area (Å²) in [6.07, 6.45) is -1.22. The number of hydrogen-bond donors (Lipinski definition) is 2. The molecule has 0 heterocycles. The molecule has 1 rings (SSSR count). The summed E-state index contributed by atoms with van der Waals surface area (Å²) in [7, 11) is -3.72. The summed E-state index contributed by atoms with van der Waals surface area (Å²) in [6.45, 7) is 3.34. The molecule has 128 valence electrons. The molecule has 8 heteroatoms. The molecular formula is C15H22NO6P. The normalized spacial score (nSPS) is 14.4. The Balaban J connectivity index is 2.40. The molecule has 2 N–H and O–H groups in total. The average Bonchev–Trinajstić information content (AvgIpc) is 2.52. The summed E-state index contributed by atoms with van der Waals surface area (Å²) in [5, 5.41) is 2.32. The van der Waals surface area contributed by atoms with Crippen molar-refractivity contribution >= 4 is 19.4 Å². The van der Waals surface area contributed by atoms with Gasteiger partial charge in [-0.25, -0.2) is 4.79 Å². The zero-order chi connectivity index (χ0) is 17.3. The smallest absolute Gasteiger partial charge is 0.408 e. The van der Waals surface area contributed by atoms with Crippen LogP contribution >= 0.6 is 7.37 Å². The molecule has 1 aromatic rings. The van der Waals surface area contributed by atoms with E-state index >= 15 is 0 Å². The Labute approximate surface area is 135 Å². The topological polar surface area (TPSA) is 102 Å². The van der Waals surface area contributed by atoms with E-state index in [2.05, 4.69) is 5.32 Å². The number of rotatable bonds is 8. The highest BCUT2D eigenvalue weighted by molar-refractivity contribution is 7.58. The molecule has 0 fully saturated rings. The van der Waals surface area contributed by atoms with E-state index in [1.807, 2.05) is 18.2 Å². The monoisotopic (exact) mass is 343 g/mol. The average molecular weight is 343 g/mol. The molecule has 0 aliphatic carbocycles. The molecule has 0 radical (unpaired) electrons. The zero-order valence-electron chi connectivity index (χ0n) is 13.2. The van der Waals surface area contributed by atoms with Gasteiger partial charge in [0.1, 0.15) is 12.4 Å². The summed E-state index contributed by atoms with van der Waals surface area (Å²) < 4.78 is 21.8. The lowest BCUT2D eigenvalue weighted by Gasteiger charge is -2.20. The molecule has 0 saturated heterocycles. The van der Waals surface area contributed by atoms with Gasteiger partial charge in [0.2, 0.25) is 7.37 Å². The van der Waals surface area contributed by atoms with Gasteiger partial charge in [-0.1, -0.05) is 30.3 Å². The van der Waals surface area contributed by atoms with Crippen LogP contribution in [0.3, 0.4) is 0 Å². The Bertz CT molecular complexity index is 562. The lowest BCUT2D eigenvalue weighted by Crippen LogP contribution is -2.33. The number of alkyl carbamates (subject to hydrolysis) is 1. The van der Waals surface area contributed by atoms with E-state index in [9.17, 15) is 19.0 Å². The maximum atomic E-state index is 12.1. The van der Waals surface area contributed by atoms with Crippen molar-refractivity contribution in [3.05, 3.63) is 35.9 Å². The maximum Gasteiger partial charge on any atom is 0.408 e. The summed E-state index contributed by atoms with van der Waals surface area (Å²) >= 11 is 0. The third-order valence-electron chi connectivity index (χ3n) is 3.09. The largest absolute Gasteiger partial charge is 0.466 e. The highest BCUT2D eigenvalue weighted by Crippen LogP contribution is 2.45. The van der Waals surface area contributed by atoms with Crippen LogP contribution in [-0.2, 0) is 25.4 Å². The Morgan fingerprint density at radius 2 is 1.91 bits per heavy atom. The third kappa shape index (κ3) is 7.30. The quantitative estimate of drug-likeness (QED) is 0.555. The van der Waals surface area contributed by atoms with Crippen molar-refractivity contribution in [2.45, 2.75) is 32.7 Å². The summed E-state index contributed by atoms with van der Waals surface area (Å²) in [5.74, 6) is -1.55. The standard InChI is InChI=1S/C15H22NO6P/c1-3-21-14(17)9-10-23(19,20)12(2)16-15(18)22-11-13-7-5-4-6-8-13/h4-8,12H,3,9-11H2,1-2H3,(H,16,18)(H,19,20). The molecule has 1 aromatic carbocycles. The van der Waals surface area contributed by atoms with Crippen molar-refractivity contribution < 1.29 is 28.5 Å². The van der Waals surface area contributed by atoms with Gasteiger partial charge in [-0.15, -0.1) is 0 Å². The first-order valence-corrected chi connectivity index (χ1v) is 9.21. The van der Waals surface area contributed by atoms with E-state index in [0.29, 0.717) is 0 Å². The zero-order valence-corrected chi connectivity index (χ0v) is 14.1. The minimum atomic E-state index is -3.72. The number of esters is 1. The second-order valence-corrected chi connectivity index (χ2v) is 7.65. The lowest BCUT2D eigenvalue weighted by molar-refractivity contribution is -0.142. The molecule has 7 nitrogen and oxygen atoms in total. The van der Waals surface area contributed by atoms with Crippen LogP contribution in [0, 0.1) is 0 Å². The van der Waals surface area contributed by atoms with Crippen LogP contribution in [0.1, 0.15) is 25.8 Å². The molecule has 0 saturated carbocycles. The van der Waals surface area contributed by atoms with E-state index in [1.165, 1.54) is 6.92 Å². The van der Waals surface area contributed by atoms with Gasteiger partial charge in [-0.3, -0.25) is 9.36 Å². The van der Waals surface area contributed by atoms with Gasteiger partial charge >= 0.3 is 12.1 Å². The van der Waals surface area contributed by atoms with Gasteiger partial charge in [0.25, 0.3) is 0 Å². The Hall–Kier alpha value is -1.85. The highest BCUT2D eigenvalue weighted by atomic mass is 31.2. The predicted octanol–water partition coefficient (Wildman–Crippen LogP) is 2.48. The SMILES string of the molecule is CCOC(=O)CCP(=O)(O)C(C)NC(=O)OCc1ccccc1. The molecule has 23 heavy (non-hydrogen) atoms. The number of amides is 1. The fourth-order valence-corrected chi connectivity index (χ4v) is 2.91. The Morgan fingerprint density at radius 1 is 1.26 bits per heavy atom. The van der Waals surface area contributed by atoms with E-state index in [-0.39, 0.29) is 25.8 Å². The number of hydrogen-bond acceptors (Lipinski definition) is 5. The molecule has 2 unspecified atom stereocenters. The molecule has 1 amide bonds. The van der Waals surface area contributed by atoms with Gasteiger partial charge in [-0.05, 0) is 19.4 Å². The minimum Gasteiger partial charge on any atom is -0.466 e. The predicted molar refractivity (Wildman–Crippen MR) is 85.2 cm³/mol. The van der Waals surface area contributed by atoms with Gasteiger partial charge in [0.15, 0.2) is 0 Å². The Morgan fingerprint density at radius 3 is 2.52 bits per heavy atom. The van der Waals surface area contributed by atoms with Crippen LogP contribution in [0.25, 0.3) is 0 Å². The van der Waals surface area contributed by atoms with Crippen LogP contribution in [0.4, 0.5) is 4.79 Å². The van der Waals surface area contributed by atoms with E-state index in [0.717, 1.165) is 5.56 Å². The van der Waals surface area contributed by atoms with Crippen LogP contribution in [0.15, 0.2) is 30.3 Å². The second kappa shape index (κ2) is 9.33. The summed E-state index contributed by atoms with van der Waals surface area (Å²) in [5.41, 5.74) is 0.810. The van der Waals surface area contributed by atoms with Crippen LogP contribution in [0.2, 0.25) is 0 Å². The maximum absolute atomic E-state index is 12.1. The molecular weight excluding hydrogens is 321 g/mol. The summed E-state index contributed by atoms with van der Waals surface area (Å²) in [4.78, 5) is 32.8. The fraction of sp³-hybridized carbons (Fsp3) is 0.467. The lowest BCUT2D eigenvalue weighted by atomic mass is 10.2. The number of carbonyl (C=O) groups excluding carboxylic acids is 2. The van der Waals surface area contributed by atoms with Gasteiger partial charge in [0.05, 0.1) is 13.0 Å². The first kappa shape index (κ1) is 19.2. The van der Waals surface area contributed by atoms with Gasteiger partial charge in [-0.2, -0.15) is 0 Å². The summed E-state index contributed by atoms with van der Waals surface area (Å²) in [6, 6.07) is 9.07. The highest BCUT2D eigenvalue weighted by Gasteiger charge is 2.29. The molecule has 0 spiro atoms. The molecule has 0 aliphatic rings. The van der Waals surface area contributed by atoms with Gasteiger partial charge < -0.3 is 19.7 Å². The molecule has 2 atom stereocenters. The van der Waals surface area contributed by atoms with E-state index in [4.69, 9.17) is 9.47 Å². The number of nitrogens with one attached hydrogen (secondary N) is 1. The van der Waals surface area contributed by atoms with E-state index < -0.39 is 25.2 Å². The van der Waals surface area contributed by atoms with Crippen molar-refractivity contribution in [2.75, 3.05) is 12.8 Å². The van der Waals surface area contributed by atoms with Crippen LogP contribution in [0.5, 0.6) is 0 Å². The van der Waals surface area contributed by atoms with Crippen LogP contribution in [-0.4, -0.2) is 35.5 Å². The number of ether oxygens (including phenoxy) is 2. The fourth-order valence-electron chi connectivity index (χ4n) is 1.71. The minimum absolute atomic E-state index is 0.0674. The van der Waals surface area contributed by atoms with Crippen molar-refractivity contribution in [1.82, 2.24) is 5.32 Å². The van der Waals surface area contributed by atoms with Crippen molar-refractivity contribution in [3.8, 4) is 0 Å². The van der Waals surface area contributed by atoms with E-state index in [1.54, 1.807) is 19.1 Å².